The minimum absolute atomic E-state index is 0.0769. The molecule has 5 heteroatoms. The number of amides is 2. The first-order valence-corrected chi connectivity index (χ1v) is 6.27. The quantitative estimate of drug-likeness (QED) is 0.683. The second kappa shape index (κ2) is 7.06. The maximum absolute atomic E-state index is 11.5. The predicted molar refractivity (Wildman–Crippen MR) is 71.3 cm³/mol. The molecule has 2 amide bonds. The second-order valence-corrected chi connectivity index (χ2v) is 5.17. The molecular formula is C13H23N3O2. The van der Waals surface area contributed by atoms with Gasteiger partial charge in [0.15, 0.2) is 0 Å². The predicted octanol–water partition coefficient (Wildman–Crippen LogP) is 1.20. The van der Waals surface area contributed by atoms with Crippen molar-refractivity contribution < 1.29 is 9.90 Å². The number of carbonyl (C=O) groups is 1. The van der Waals surface area contributed by atoms with Gasteiger partial charge in [-0.3, -0.25) is 0 Å². The fraction of sp³-hybridized carbons (Fsp3) is 0.615. The number of aliphatic hydroxyl groups is 1. The van der Waals surface area contributed by atoms with Crippen molar-refractivity contribution in [1.29, 1.82) is 0 Å². The van der Waals surface area contributed by atoms with Crippen LogP contribution in [0.5, 0.6) is 0 Å². The lowest BCUT2D eigenvalue weighted by Crippen LogP contribution is -2.41. The van der Waals surface area contributed by atoms with Crippen LogP contribution in [0.4, 0.5) is 4.79 Å². The first-order chi connectivity index (χ1) is 8.53. The number of hydrogen-bond donors (Lipinski definition) is 3. The maximum atomic E-state index is 11.5. The molecule has 0 saturated carbocycles. The van der Waals surface area contributed by atoms with Crippen LogP contribution in [0.3, 0.4) is 0 Å². The zero-order valence-electron chi connectivity index (χ0n) is 11.1. The normalized spacial score (nSPS) is 11.3. The van der Waals surface area contributed by atoms with Crippen molar-refractivity contribution in [3.8, 4) is 0 Å². The van der Waals surface area contributed by atoms with Crippen molar-refractivity contribution >= 4 is 6.03 Å². The van der Waals surface area contributed by atoms with Gasteiger partial charge in [0.1, 0.15) is 0 Å². The molecule has 0 aliphatic heterocycles. The molecule has 3 N–H and O–H groups in total. The number of nitrogens with zero attached hydrogens (tertiary/aromatic N) is 1. The summed E-state index contributed by atoms with van der Waals surface area (Å²) < 4.78 is 2.01. The van der Waals surface area contributed by atoms with Crippen LogP contribution in [0.15, 0.2) is 24.5 Å². The summed E-state index contributed by atoms with van der Waals surface area (Å²) in [5.74, 6) is 0. The Morgan fingerprint density at radius 2 is 1.94 bits per heavy atom. The fourth-order valence-corrected chi connectivity index (χ4v) is 1.59. The monoisotopic (exact) mass is 253 g/mol. The van der Waals surface area contributed by atoms with E-state index in [-0.39, 0.29) is 18.1 Å². The van der Waals surface area contributed by atoms with Crippen molar-refractivity contribution in [2.45, 2.75) is 26.8 Å². The van der Waals surface area contributed by atoms with Crippen molar-refractivity contribution in [3.05, 3.63) is 24.5 Å². The molecule has 0 aromatic carbocycles. The molecule has 0 bridgehead atoms. The summed E-state index contributed by atoms with van der Waals surface area (Å²) in [4.78, 5) is 11.5. The van der Waals surface area contributed by atoms with Crippen molar-refractivity contribution in [2.75, 3.05) is 19.7 Å². The minimum Gasteiger partial charge on any atom is -0.396 e. The topological polar surface area (TPSA) is 66.3 Å². The number of hydrogen-bond acceptors (Lipinski definition) is 2. The number of nitrogens with one attached hydrogen (secondary N) is 2. The molecule has 1 aromatic rings. The van der Waals surface area contributed by atoms with Gasteiger partial charge in [-0.15, -0.1) is 0 Å². The van der Waals surface area contributed by atoms with Gasteiger partial charge < -0.3 is 20.3 Å². The highest BCUT2D eigenvalue weighted by atomic mass is 16.3. The summed E-state index contributed by atoms with van der Waals surface area (Å²) in [6, 6.07) is 3.75. The van der Waals surface area contributed by atoms with Crippen LogP contribution in [0.25, 0.3) is 0 Å². The lowest BCUT2D eigenvalue weighted by molar-refractivity contribution is 0.201. The van der Waals surface area contributed by atoms with E-state index in [0.717, 1.165) is 6.54 Å². The summed E-state index contributed by atoms with van der Waals surface area (Å²) in [6.07, 6.45) is 4.60. The Morgan fingerprint density at radius 3 is 2.56 bits per heavy atom. The molecule has 0 saturated heterocycles. The number of urea groups is 1. The molecule has 1 heterocycles. The summed E-state index contributed by atoms with van der Waals surface area (Å²) in [7, 11) is 0. The van der Waals surface area contributed by atoms with Gasteiger partial charge >= 0.3 is 6.03 Å². The van der Waals surface area contributed by atoms with Gasteiger partial charge in [0, 0.05) is 38.6 Å². The molecular weight excluding hydrogens is 230 g/mol. The first-order valence-electron chi connectivity index (χ1n) is 6.27. The Bertz CT molecular complexity index is 347. The highest BCUT2D eigenvalue weighted by Gasteiger charge is 2.17. The largest absolute Gasteiger partial charge is 0.396 e. The van der Waals surface area contributed by atoms with Gasteiger partial charge in [-0.05, 0) is 24.0 Å². The standard InChI is InChI=1S/C13H23N3O2/c1-13(2,5-10-17)11-15-12(18)14-6-9-16-7-3-4-8-16/h3-4,7-8,17H,5-6,9-11H2,1-2H3,(H2,14,15,18). The third-order valence-corrected chi connectivity index (χ3v) is 2.84. The van der Waals surface area contributed by atoms with Crippen LogP contribution >= 0.6 is 0 Å². The minimum atomic E-state index is -0.159. The lowest BCUT2D eigenvalue weighted by Gasteiger charge is -2.23. The van der Waals surface area contributed by atoms with Gasteiger partial charge in [0.05, 0.1) is 0 Å². The third-order valence-electron chi connectivity index (χ3n) is 2.84. The molecule has 102 valence electrons. The highest BCUT2D eigenvalue weighted by Crippen LogP contribution is 2.17. The van der Waals surface area contributed by atoms with E-state index in [1.807, 2.05) is 42.9 Å². The maximum Gasteiger partial charge on any atom is 0.314 e. The van der Waals surface area contributed by atoms with E-state index >= 15 is 0 Å². The van der Waals surface area contributed by atoms with Gasteiger partial charge in [-0.25, -0.2) is 4.79 Å². The Balaban J connectivity index is 2.14. The molecule has 0 atom stereocenters. The van der Waals surface area contributed by atoms with Crippen LogP contribution in [-0.2, 0) is 6.54 Å². The van der Waals surface area contributed by atoms with E-state index in [2.05, 4.69) is 10.6 Å². The third kappa shape index (κ3) is 5.72. The van der Waals surface area contributed by atoms with E-state index in [9.17, 15) is 4.79 Å². The van der Waals surface area contributed by atoms with E-state index in [0.29, 0.717) is 19.5 Å². The summed E-state index contributed by atoms with van der Waals surface area (Å²) in [5.41, 5.74) is -0.0769. The van der Waals surface area contributed by atoms with Crippen LogP contribution < -0.4 is 10.6 Å². The molecule has 0 fully saturated rings. The van der Waals surface area contributed by atoms with Crippen LogP contribution in [0.2, 0.25) is 0 Å². The van der Waals surface area contributed by atoms with Gasteiger partial charge in [-0.2, -0.15) is 0 Å². The molecule has 1 rings (SSSR count). The number of aromatic nitrogens is 1. The zero-order valence-corrected chi connectivity index (χ0v) is 11.1. The number of rotatable bonds is 7. The van der Waals surface area contributed by atoms with E-state index < -0.39 is 0 Å². The van der Waals surface area contributed by atoms with E-state index in [1.165, 1.54) is 0 Å². The zero-order chi connectivity index (χ0) is 13.4. The van der Waals surface area contributed by atoms with E-state index in [4.69, 9.17) is 5.11 Å². The smallest absolute Gasteiger partial charge is 0.314 e. The Labute approximate surface area is 108 Å². The van der Waals surface area contributed by atoms with Crippen molar-refractivity contribution in [2.24, 2.45) is 5.41 Å². The average Bonchev–Trinajstić information content (AvgIpc) is 2.79. The second-order valence-electron chi connectivity index (χ2n) is 5.17. The molecule has 0 aliphatic rings. The van der Waals surface area contributed by atoms with Gasteiger partial charge in [0.2, 0.25) is 0 Å². The van der Waals surface area contributed by atoms with Gasteiger partial charge in [0.25, 0.3) is 0 Å². The summed E-state index contributed by atoms with van der Waals surface area (Å²) >= 11 is 0. The SMILES string of the molecule is CC(C)(CCO)CNC(=O)NCCn1cccc1. The molecule has 5 nitrogen and oxygen atoms in total. The molecule has 0 unspecified atom stereocenters. The Hall–Kier alpha value is -1.49. The molecule has 0 radical (unpaired) electrons. The van der Waals surface area contributed by atoms with Gasteiger partial charge in [-0.1, -0.05) is 13.8 Å². The number of carbonyl (C=O) groups excluding carboxylic acids is 1. The van der Waals surface area contributed by atoms with Crippen molar-refractivity contribution in [1.82, 2.24) is 15.2 Å². The number of aliphatic hydroxyl groups excluding tert-OH is 1. The summed E-state index contributed by atoms with van der Waals surface area (Å²) in [5, 5.41) is 14.5. The average molecular weight is 253 g/mol. The molecule has 0 spiro atoms. The first kappa shape index (κ1) is 14.6. The Kier molecular flexibility index (Phi) is 5.71. The molecule has 0 aliphatic carbocycles. The van der Waals surface area contributed by atoms with Crippen LogP contribution in [0.1, 0.15) is 20.3 Å². The van der Waals surface area contributed by atoms with Crippen LogP contribution in [0, 0.1) is 5.41 Å². The van der Waals surface area contributed by atoms with E-state index in [1.54, 1.807) is 0 Å². The summed E-state index contributed by atoms with van der Waals surface area (Å²) in [6.45, 7) is 6.10. The van der Waals surface area contributed by atoms with Crippen molar-refractivity contribution in [3.63, 3.8) is 0 Å². The lowest BCUT2D eigenvalue weighted by atomic mass is 9.90. The highest BCUT2D eigenvalue weighted by molar-refractivity contribution is 5.73. The molecule has 18 heavy (non-hydrogen) atoms. The molecule has 1 aromatic heterocycles. The Morgan fingerprint density at radius 1 is 1.28 bits per heavy atom. The fourth-order valence-electron chi connectivity index (χ4n) is 1.59. The van der Waals surface area contributed by atoms with Crippen LogP contribution in [-0.4, -0.2) is 35.4 Å².